The molecular formula is C21H21ClF3N5O3S. The highest BCUT2D eigenvalue weighted by molar-refractivity contribution is 7.91. The number of hydrogen-bond donors (Lipinski definition) is 1. The van der Waals surface area contributed by atoms with Gasteiger partial charge in [-0.1, -0.05) is 13.8 Å². The van der Waals surface area contributed by atoms with Crippen LogP contribution in [0.1, 0.15) is 37.6 Å². The molecule has 3 heterocycles. The number of fused-ring (bicyclic) bond motifs is 1. The van der Waals surface area contributed by atoms with Crippen molar-refractivity contribution in [3.8, 4) is 0 Å². The minimum atomic E-state index is -4.36. The first-order chi connectivity index (χ1) is 15.9. The smallest absolute Gasteiger partial charge is 0.361 e. The van der Waals surface area contributed by atoms with Crippen LogP contribution < -0.4 is 5.32 Å². The van der Waals surface area contributed by atoms with E-state index in [4.69, 9.17) is 11.6 Å². The highest BCUT2D eigenvalue weighted by Crippen LogP contribution is 2.59. The first kappa shape index (κ1) is 24.5. The Balaban J connectivity index is 1.59. The van der Waals surface area contributed by atoms with E-state index in [2.05, 4.69) is 25.3 Å². The lowest BCUT2D eigenvalue weighted by atomic mass is 9.82. The highest BCUT2D eigenvalue weighted by atomic mass is 35.5. The number of rotatable bonds is 5. The third kappa shape index (κ3) is 4.78. The van der Waals surface area contributed by atoms with E-state index in [1.54, 1.807) is 6.92 Å². The third-order valence-corrected chi connectivity index (χ3v) is 8.10. The largest absolute Gasteiger partial charge is 0.392 e. The number of halogens is 4. The van der Waals surface area contributed by atoms with Crippen LogP contribution in [0.4, 0.5) is 18.9 Å². The Morgan fingerprint density at radius 2 is 1.94 bits per heavy atom. The number of alkyl halides is 3. The zero-order chi connectivity index (χ0) is 24.8. The zero-order valence-electron chi connectivity index (χ0n) is 18.2. The second-order valence-corrected chi connectivity index (χ2v) is 11.0. The fourth-order valence-corrected chi connectivity index (χ4v) is 5.18. The van der Waals surface area contributed by atoms with Gasteiger partial charge in [0, 0.05) is 18.0 Å². The Morgan fingerprint density at radius 1 is 1.21 bits per heavy atom. The van der Waals surface area contributed by atoms with Crippen LogP contribution in [-0.4, -0.2) is 46.9 Å². The maximum atomic E-state index is 13.3. The van der Waals surface area contributed by atoms with Crippen LogP contribution in [0.25, 0.3) is 0 Å². The van der Waals surface area contributed by atoms with Crippen LogP contribution in [0.3, 0.4) is 0 Å². The van der Waals surface area contributed by atoms with Crippen molar-refractivity contribution in [2.24, 2.45) is 22.7 Å². The Hall–Kier alpha value is -2.60. The number of hydrogen-bond acceptors (Lipinski definition) is 8. The van der Waals surface area contributed by atoms with Gasteiger partial charge in [-0.2, -0.15) is 13.2 Å². The molecule has 0 radical (unpaired) electrons. The summed E-state index contributed by atoms with van der Waals surface area (Å²) in [5.74, 6) is -4.53. The molecule has 2 aromatic rings. The van der Waals surface area contributed by atoms with Gasteiger partial charge in [-0.3, -0.25) is 9.78 Å². The maximum absolute atomic E-state index is 13.3. The molecule has 182 valence electrons. The molecule has 3 unspecified atom stereocenters. The topological polar surface area (TPSA) is 114 Å². The molecule has 0 aromatic carbocycles. The summed E-state index contributed by atoms with van der Waals surface area (Å²) in [4.78, 5) is 29.7. The molecule has 2 aliphatic rings. The van der Waals surface area contributed by atoms with Gasteiger partial charge in [0.05, 0.1) is 40.7 Å². The van der Waals surface area contributed by atoms with Crippen molar-refractivity contribution >= 4 is 38.7 Å². The molecule has 0 spiro atoms. The molecule has 8 nitrogen and oxygen atoms in total. The lowest BCUT2D eigenvalue weighted by Crippen LogP contribution is -2.36. The van der Waals surface area contributed by atoms with Crippen molar-refractivity contribution in [2.75, 3.05) is 5.75 Å². The van der Waals surface area contributed by atoms with Gasteiger partial charge in [0.15, 0.2) is 15.7 Å². The van der Waals surface area contributed by atoms with E-state index in [-0.39, 0.29) is 46.1 Å². The van der Waals surface area contributed by atoms with Crippen molar-refractivity contribution in [2.45, 2.75) is 43.8 Å². The molecule has 1 aliphatic heterocycles. The summed E-state index contributed by atoms with van der Waals surface area (Å²) in [6.45, 7) is 3.14. The molecule has 1 saturated carbocycles. The molecule has 1 N–H and O–H groups in total. The number of ketones is 1. The summed E-state index contributed by atoms with van der Waals surface area (Å²) in [7, 11) is -3.40. The second kappa shape index (κ2) is 8.88. The number of pyridine rings is 1. The number of carbonyl (C=O) groups excluding carboxylic acids is 1. The summed E-state index contributed by atoms with van der Waals surface area (Å²) in [5.41, 5.74) is 0.854. The van der Waals surface area contributed by atoms with Crippen molar-refractivity contribution in [3.05, 3.63) is 41.2 Å². The van der Waals surface area contributed by atoms with Gasteiger partial charge in [0.25, 0.3) is 0 Å². The van der Waals surface area contributed by atoms with Crippen molar-refractivity contribution in [1.82, 2.24) is 20.3 Å². The molecule has 34 heavy (non-hydrogen) atoms. The van der Waals surface area contributed by atoms with E-state index in [9.17, 15) is 26.4 Å². The Bertz CT molecular complexity index is 1250. The van der Waals surface area contributed by atoms with Gasteiger partial charge in [0.1, 0.15) is 5.69 Å². The molecule has 0 bridgehead atoms. The Kier molecular flexibility index (Phi) is 6.40. The fraction of sp³-hybridized carbons (Fsp3) is 0.476. The summed E-state index contributed by atoms with van der Waals surface area (Å²) >= 11 is 5.92. The Labute approximate surface area is 199 Å². The minimum Gasteiger partial charge on any atom is -0.361 e. The maximum Gasteiger partial charge on any atom is 0.392 e. The van der Waals surface area contributed by atoms with Gasteiger partial charge in [-0.05, 0) is 36.1 Å². The van der Waals surface area contributed by atoms with Crippen LogP contribution in [0.15, 0.2) is 34.4 Å². The Morgan fingerprint density at radius 3 is 2.53 bits per heavy atom. The van der Waals surface area contributed by atoms with Crippen LogP contribution in [0, 0.1) is 17.8 Å². The van der Waals surface area contributed by atoms with Crippen molar-refractivity contribution in [1.29, 1.82) is 0 Å². The molecule has 1 fully saturated rings. The molecule has 13 heteroatoms. The number of sulfone groups is 1. The van der Waals surface area contributed by atoms with Gasteiger partial charge in [-0.15, -0.1) is 0 Å². The fourth-order valence-electron chi connectivity index (χ4n) is 4.22. The molecule has 2 aromatic heterocycles. The summed E-state index contributed by atoms with van der Waals surface area (Å²) < 4.78 is 63.8. The van der Waals surface area contributed by atoms with Crippen LogP contribution in [0.2, 0.25) is 5.28 Å². The number of aromatic nitrogens is 3. The highest BCUT2D eigenvalue weighted by Gasteiger charge is 2.60. The molecule has 4 atom stereocenters. The van der Waals surface area contributed by atoms with Crippen molar-refractivity contribution < 1.29 is 26.4 Å². The number of carbonyl (C=O) groups is 1. The SMILES string of the molecule is CCS(=O)(=O)c1ccc(CNC2=Nc3cnc(Cl)nc3C(C3C[C@@H]3C(F)(F)F)C(C)C2=O)nc1. The summed E-state index contributed by atoms with van der Waals surface area (Å²) in [6, 6.07) is 2.94. The predicted octanol–water partition coefficient (Wildman–Crippen LogP) is 3.64. The third-order valence-electron chi connectivity index (χ3n) is 6.20. The van der Waals surface area contributed by atoms with E-state index >= 15 is 0 Å². The van der Waals surface area contributed by atoms with E-state index in [1.165, 1.54) is 31.5 Å². The van der Waals surface area contributed by atoms with Crippen molar-refractivity contribution in [3.63, 3.8) is 0 Å². The quantitative estimate of drug-likeness (QED) is 0.604. The number of nitrogens with zero attached hydrogens (tertiary/aromatic N) is 4. The van der Waals surface area contributed by atoms with Crippen LogP contribution in [0.5, 0.6) is 0 Å². The monoisotopic (exact) mass is 515 g/mol. The summed E-state index contributed by atoms with van der Waals surface area (Å²) in [6.07, 6.45) is -1.92. The van der Waals surface area contributed by atoms with Gasteiger partial charge in [-0.25, -0.2) is 23.4 Å². The minimum absolute atomic E-state index is 0.0484. The van der Waals surface area contributed by atoms with Crippen LogP contribution in [-0.2, 0) is 21.2 Å². The molecule has 1 aliphatic carbocycles. The van der Waals surface area contributed by atoms with E-state index in [0.29, 0.717) is 5.69 Å². The number of amidine groups is 1. The van der Waals surface area contributed by atoms with Gasteiger partial charge in [0.2, 0.25) is 11.1 Å². The molecule has 0 amide bonds. The molecule has 0 saturated heterocycles. The van der Waals surface area contributed by atoms with E-state index < -0.39 is 45.5 Å². The molecule has 4 rings (SSSR count). The van der Waals surface area contributed by atoms with E-state index in [1.807, 2.05) is 0 Å². The van der Waals surface area contributed by atoms with E-state index in [0.717, 1.165) is 0 Å². The lowest BCUT2D eigenvalue weighted by Gasteiger charge is -2.22. The van der Waals surface area contributed by atoms with Gasteiger partial charge < -0.3 is 5.32 Å². The lowest BCUT2D eigenvalue weighted by molar-refractivity contribution is -0.152. The first-order valence-electron chi connectivity index (χ1n) is 10.6. The zero-order valence-corrected chi connectivity index (χ0v) is 19.7. The average molecular weight is 516 g/mol. The van der Waals surface area contributed by atoms with Crippen LogP contribution >= 0.6 is 11.6 Å². The number of aliphatic imine (C=N–C) groups is 1. The summed E-state index contributed by atoms with van der Waals surface area (Å²) in [5, 5.41) is 2.75. The molecular weight excluding hydrogens is 495 g/mol. The second-order valence-electron chi connectivity index (χ2n) is 8.34. The average Bonchev–Trinajstić information content (AvgIpc) is 3.59. The standard InChI is InChI=1S/C21H21ClF3N5O3S/c1-3-34(32,33)12-5-4-11(26-8-12)7-27-19-18(31)10(2)16(13-6-14(13)21(23,24)25)17-15(29-19)9-28-20(22)30-17/h4-5,8-10,13-14,16H,3,6-7H2,1-2H3,(H,27,29)/t10?,13?,14-,16?/m0/s1. The van der Waals surface area contributed by atoms with Gasteiger partial charge >= 0.3 is 6.18 Å². The number of nitrogens with one attached hydrogen (secondary N) is 1. The predicted molar refractivity (Wildman–Crippen MR) is 118 cm³/mol. The number of Topliss-reactive ketones (excluding diaryl/α,β-unsaturated/α-hetero) is 1. The normalized spacial score (nSPS) is 24.8. The first-order valence-corrected chi connectivity index (χ1v) is 12.6.